The Hall–Kier alpha value is -4.45. The van der Waals surface area contributed by atoms with Crippen molar-refractivity contribution < 1.29 is 9.47 Å². The molecule has 0 bridgehead atoms. The molecular formula is C31H22BrClN4O3. The van der Waals surface area contributed by atoms with Crippen LogP contribution in [0.15, 0.2) is 99.3 Å². The lowest BCUT2D eigenvalue weighted by molar-refractivity contribution is 0.269. The Kier molecular flexibility index (Phi) is 8.25. The molecule has 1 aromatic heterocycles. The molecule has 4 aromatic carbocycles. The first-order valence-electron chi connectivity index (χ1n) is 12.4. The first-order valence-corrected chi connectivity index (χ1v) is 13.6. The molecule has 9 heteroatoms. The first-order chi connectivity index (χ1) is 19.5. The minimum Gasteiger partial charge on any atom is -0.490 e. The van der Waals surface area contributed by atoms with E-state index < -0.39 is 0 Å². The van der Waals surface area contributed by atoms with Gasteiger partial charge >= 0.3 is 0 Å². The van der Waals surface area contributed by atoms with Crippen molar-refractivity contribution in [1.29, 1.82) is 5.26 Å². The van der Waals surface area contributed by atoms with Gasteiger partial charge in [-0.05, 0) is 47.1 Å². The molecule has 0 saturated carbocycles. The average Bonchev–Trinajstić information content (AvgIpc) is 2.99. The van der Waals surface area contributed by atoms with Gasteiger partial charge < -0.3 is 9.47 Å². The fraction of sp³-hybridized carbons (Fsp3) is 0.0968. The van der Waals surface area contributed by atoms with E-state index in [1.54, 1.807) is 36.4 Å². The highest BCUT2D eigenvalue weighted by Crippen LogP contribution is 2.42. The molecule has 0 aliphatic rings. The number of fused-ring (bicyclic) bond motifs is 1. The maximum atomic E-state index is 13.5. The zero-order valence-corrected chi connectivity index (χ0v) is 23.7. The van der Waals surface area contributed by atoms with Crippen molar-refractivity contribution in [1.82, 2.24) is 9.66 Å². The molecule has 198 valence electrons. The molecule has 0 N–H and O–H groups in total. The van der Waals surface area contributed by atoms with E-state index in [2.05, 4.69) is 27.1 Å². The van der Waals surface area contributed by atoms with Gasteiger partial charge in [-0.1, -0.05) is 72.3 Å². The SMILES string of the molecule is CCOc1cc(C=Nn2c(-c3ccccc3)nc3ccccc3c2=O)c(Br)c(Cl)c1OCc1ccccc1C#N. The zero-order chi connectivity index (χ0) is 28.1. The topological polar surface area (TPSA) is 89.5 Å². The Balaban J connectivity index is 1.57. The molecule has 0 aliphatic heterocycles. The van der Waals surface area contributed by atoms with E-state index in [0.29, 0.717) is 50.4 Å². The van der Waals surface area contributed by atoms with Crippen LogP contribution in [-0.4, -0.2) is 22.5 Å². The Morgan fingerprint density at radius 3 is 2.55 bits per heavy atom. The Labute approximate surface area is 244 Å². The molecule has 0 spiro atoms. The summed E-state index contributed by atoms with van der Waals surface area (Å²) in [6, 6.07) is 27.6. The van der Waals surface area contributed by atoms with Crippen molar-refractivity contribution in [2.75, 3.05) is 6.61 Å². The van der Waals surface area contributed by atoms with Gasteiger partial charge in [0.2, 0.25) is 0 Å². The number of hydrogen-bond acceptors (Lipinski definition) is 6. The van der Waals surface area contributed by atoms with Crippen molar-refractivity contribution >= 4 is 44.6 Å². The lowest BCUT2D eigenvalue weighted by atomic mass is 10.1. The van der Waals surface area contributed by atoms with Crippen LogP contribution in [0.3, 0.4) is 0 Å². The molecule has 40 heavy (non-hydrogen) atoms. The van der Waals surface area contributed by atoms with Crippen molar-refractivity contribution in [3.05, 3.63) is 121 Å². The van der Waals surface area contributed by atoms with Gasteiger partial charge in [-0.25, -0.2) is 4.98 Å². The van der Waals surface area contributed by atoms with E-state index in [0.717, 1.165) is 11.1 Å². The third kappa shape index (κ3) is 5.48. The summed E-state index contributed by atoms with van der Waals surface area (Å²) >= 11 is 10.3. The molecule has 5 aromatic rings. The highest BCUT2D eigenvalue weighted by atomic mass is 79.9. The van der Waals surface area contributed by atoms with E-state index >= 15 is 0 Å². The summed E-state index contributed by atoms with van der Waals surface area (Å²) in [5, 5.41) is 14.7. The largest absolute Gasteiger partial charge is 0.490 e. The number of nitrogens with zero attached hydrogens (tertiary/aromatic N) is 4. The second-order valence-corrected chi connectivity index (χ2v) is 9.76. The van der Waals surface area contributed by atoms with Crippen LogP contribution in [0.1, 0.15) is 23.6 Å². The van der Waals surface area contributed by atoms with Crippen LogP contribution >= 0.6 is 27.5 Å². The third-order valence-corrected chi connectivity index (χ3v) is 7.51. The number of halogens is 2. The van der Waals surface area contributed by atoms with E-state index in [9.17, 15) is 10.1 Å². The molecule has 1 heterocycles. The van der Waals surface area contributed by atoms with E-state index in [1.165, 1.54) is 10.9 Å². The predicted molar refractivity (Wildman–Crippen MR) is 160 cm³/mol. The maximum Gasteiger partial charge on any atom is 0.282 e. The average molecular weight is 614 g/mol. The molecule has 0 fully saturated rings. The van der Waals surface area contributed by atoms with Gasteiger partial charge in [-0.2, -0.15) is 15.0 Å². The molecule has 0 atom stereocenters. The molecule has 0 radical (unpaired) electrons. The lowest BCUT2D eigenvalue weighted by Gasteiger charge is -2.16. The summed E-state index contributed by atoms with van der Waals surface area (Å²) in [7, 11) is 0. The van der Waals surface area contributed by atoms with Gasteiger partial charge in [0, 0.05) is 21.2 Å². The van der Waals surface area contributed by atoms with Crippen LogP contribution in [-0.2, 0) is 6.61 Å². The van der Waals surface area contributed by atoms with Crippen LogP contribution in [0.5, 0.6) is 11.5 Å². The van der Waals surface area contributed by atoms with Crippen LogP contribution in [0.25, 0.3) is 22.3 Å². The quantitative estimate of drug-likeness (QED) is 0.173. The lowest BCUT2D eigenvalue weighted by Crippen LogP contribution is -2.20. The van der Waals surface area contributed by atoms with E-state index in [-0.39, 0.29) is 17.2 Å². The van der Waals surface area contributed by atoms with Crippen molar-refractivity contribution in [2.24, 2.45) is 5.10 Å². The second-order valence-electron chi connectivity index (χ2n) is 8.59. The van der Waals surface area contributed by atoms with Crippen LogP contribution in [0.2, 0.25) is 5.02 Å². The van der Waals surface area contributed by atoms with Crippen molar-refractivity contribution in [2.45, 2.75) is 13.5 Å². The zero-order valence-electron chi connectivity index (χ0n) is 21.3. The smallest absolute Gasteiger partial charge is 0.282 e. The molecular weight excluding hydrogens is 592 g/mol. The number of para-hydroxylation sites is 1. The molecule has 7 nitrogen and oxygen atoms in total. The van der Waals surface area contributed by atoms with E-state index in [4.69, 9.17) is 26.1 Å². The Bertz CT molecular complexity index is 1830. The standard InChI is InChI=1S/C31H22BrClN4O3/c1-2-39-26-16-23(27(32)28(33)29(26)40-19-22-13-7-6-12-21(22)17-34)18-35-37-30(20-10-4-3-5-11-20)36-25-15-9-8-14-24(25)31(37)38/h3-16,18H,2,19H2,1H3. The molecule has 0 amide bonds. The van der Waals surface area contributed by atoms with Crippen LogP contribution in [0, 0.1) is 11.3 Å². The Morgan fingerprint density at radius 1 is 1.05 bits per heavy atom. The van der Waals surface area contributed by atoms with E-state index in [1.807, 2.05) is 55.5 Å². The number of aromatic nitrogens is 2. The van der Waals surface area contributed by atoms with Gasteiger partial charge in [0.05, 0.1) is 35.4 Å². The number of rotatable bonds is 8. The number of hydrogen-bond donors (Lipinski definition) is 0. The summed E-state index contributed by atoms with van der Waals surface area (Å²) in [5.41, 5.74) is 2.84. The minimum atomic E-state index is -0.302. The van der Waals surface area contributed by atoms with Crippen LogP contribution < -0.4 is 15.0 Å². The van der Waals surface area contributed by atoms with Crippen molar-refractivity contribution in [3.8, 4) is 29.0 Å². The molecule has 0 unspecified atom stereocenters. The highest BCUT2D eigenvalue weighted by molar-refractivity contribution is 9.10. The molecule has 0 saturated heterocycles. The second kappa shape index (κ2) is 12.2. The summed E-state index contributed by atoms with van der Waals surface area (Å²) in [6.07, 6.45) is 1.53. The fourth-order valence-corrected chi connectivity index (χ4v) is 4.78. The summed E-state index contributed by atoms with van der Waals surface area (Å²) < 4.78 is 13.7. The van der Waals surface area contributed by atoms with Gasteiger partial charge in [0.15, 0.2) is 17.3 Å². The maximum absolute atomic E-state index is 13.5. The fourth-order valence-electron chi connectivity index (χ4n) is 4.13. The van der Waals surface area contributed by atoms with Crippen molar-refractivity contribution in [3.63, 3.8) is 0 Å². The highest BCUT2D eigenvalue weighted by Gasteiger charge is 2.19. The van der Waals surface area contributed by atoms with Gasteiger partial charge in [0.1, 0.15) is 11.6 Å². The molecule has 5 rings (SSSR count). The number of nitriles is 1. The number of ether oxygens (including phenoxy) is 2. The number of benzene rings is 4. The van der Waals surface area contributed by atoms with Gasteiger partial charge in [0.25, 0.3) is 5.56 Å². The summed E-state index contributed by atoms with van der Waals surface area (Å²) in [5.74, 6) is 1.14. The predicted octanol–water partition coefficient (Wildman–Crippen LogP) is 7.21. The van der Waals surface area contributed by atoms with Crippen LogP contribution in [0.4, 0.5) is 0 Å². The first kappa shape index (κ1) is 27.1. The monoisotopic (exact) mass is 612 g/mol. The third-order valence-electron chi connectivity index (χ3n) is 6.06. The Morgan fingerprint density at radius 2 is 1.77 bits per heavy atom. The van der Waals surface area contributed by atoms with Gasteiger partial charge in [-0.3, -0.25) is 4.79 Å². The van der Waals surface area contributed by atoms with Gasteiger partial charge in [-0.15, -0.1) is 0 Å². The normalized spacial score (nSPS) is 11.1. The molecule has 0 aliphatic carbocycles. The summed E-state index contributed by atoms with van der Waals surface area (Å²) in [6.45, 7) is 2.35. The minimum absolute atomic E-state index is 0.127. The summed E-state index contributed by atoms with van der Waals surface area (Å²) in [4.78, 5) is 18.2.